The van der Waals surface area contributed by atoms with Crippen molar-refractivity contribution in [2.45, 2.75) is 77.7 Å². The molecule has 2 rings (SSSR count). The van der Waals surface area contributed by atoms with Gasteiger partial charge in [0.2, 0.25) is 5.91 Å². The fraction of sp³-hybridized carbons (Fsp3) is 0.905. The van der Waals surface area contributed by atoms with E-state index < -0.39 is 0 Å². The van der Waals surface area contributed by atoms with Gasteiger partial charge < -0.3 is 20.3 Å². The first-order chi connectivity index (χ1) is 13.1. The average Bonchev–Trinajstić information content (AvgIpc) is 3.31. The molecule has 2 fully saturated rings. The maximum atomic E-state index is 12.0. The van der Waals surface area contributed by atoms with E-state index in [0.29, 0.717) is 17.4 Å². The highest BCUT2D eigenvalue weighted by molar-refractivity contribution is 14.0. The van der Waals surface area contributed by atoms with Gasteiger partial charge in [-0.1, -0.05) is 19.8 Å². The van der Waals surface area contributed by atoms with Crippen LogP contribution in [0, 0.1) is 5.41 Å². The van der Waals surface area contributed by atoms with E-state index in [0.717, 1.165) is 70.9 Å². The predicted octanol–water partition coefficient (Wildman–Crippen LogP) is 3.55. The van der Waals surface area contributed by atoms with Crippen LogP contribution in [0.2, 0.25) is 0 Å². The van der Waals surface area contributed by atoms with Crippen LogP contribution in [0.3, 0.4) is 0 Å². The lowest BCUT2D eigenvalue weighted by molar-refractivity contribution is -0.129. The summed E-state index contributed by atoms with van der Waals surface area (Å²) in [7, 11) is 1.83. The zero-order valence-corrected chi connectivity index (χ0v) is 20.4. The van der Waals surface area contributed by atoms with Crippen LogP contribution in [0.15, 0.2) is 4.99 Å². The maximum Gasteiger partial charge on any atom is 0.222 e. The van der Waals surface area contributed by atoms with E-state index in [4.69, 9.17) is 4.74 Å². The fourth-order valence-electron chi connectivity index (χ4n) is 4.56. The van der Waals surface area contributed by atoms with E-state index in [-0.39, 0.29) is 24.0 Å². The van der Waals surface area contributed by atoms with Crippen molar-refractivity contribution >= 4 is 35.8 Å². The Bertz CT molecular complexity index is 481. The minimum Gasteiger partial charge on any atom is -0.382 e. The van der Waals surface area contributed by atoms with Crippen molar-refractivity contribution in [2.75, 3.05) is 39.9 Å². The van der Waals surface area contributed by atoms with Crippen molar-refractivity contribution in [3.8, 4) is 0 Å². The molecule has 1 atom stereocenters. The Morgan fingerprint density at radius 1 is 1.25 bits per heavy atom. The molecule has 1 unspecified atom stereocenters. The molecule has 7 heteroatoms. The Hall–Kier alpha value is -0.570. The molecular formula is C21H41IN4O2. The number of halogens is 1. The molecule has 2 N–H and O–H groups in total. The van der Waals surface area contributed by atoms with E-state index in [9.17, 15) is 4.79 Å². The highest BCUT2D eigenvalue weighted by Crippen LogP contribution is 2.40. The van der Waals surface area contributed by atoms with E-state index in [1.807, 2.05) is 7.05 Å². The number of nitrogens with zero attached hydrogens (tertiary/aromatic N) is 2. The number of aliphatic imine (C=N–C) groups is 1. The van der Waals surface area contributed by atoms with E-state index >= 15 is 0 Å². The molecule has 0 spiro atoms. The topological polar surface area (TPSA) is 66.0 Å². The minimum absolute atomic E-state index is 0. The molecule has 1 aliphatic carbocycles. The number of ether oxygens (including phenoxy) is 1. The van der Waals surface area contributed by atoms with Gasteiger partial charge in [-0.05, 0) is 50.9 Å². The molecule has 28 heavy (non-hydrogen) atoms. The Morgan fingerprint density at radius 3 is 2.57 bits per heavy atom. The van der Waals surface area contributed by atoms with Crippen LogP contribution in [0.25, 0.3) is 0 Å². The highest BCUT2D eigenvalue weighted by Gasteiger charge is 2.33. The average molecular weight is 508 g/mol. The van der Waals surface area contributed by atoms with Crippen LogP contribution in [0.1, 0.15) is 71.6 Å². The van der Waals surface area contributed by atoms with Crippen molar-refractivity contribution in [3.05, 3.63) is 0 Å². The Kier molecular flexibility index (Phi) is 12.4. The SMILES string of the molecule is CCOCCC1(CNC(=NC)NCCC(CC)N2CCCC2=O)CCCC1.I. The van der Waals surface area contributed by atoms with E-state index in [2.05, 4.69) is 34.4 Å². The summed E-state index contributed by atoms with van der Waals surface area (Å²) in [6, 6.07) is 0.345. The summed E-state index contributed by atoms with van der Waals surface area (Å²) in [5, 5.41) is 7.00. The third-order valence-corrected chi connectivity index (χ3v) is 6.29. The number of carbonyl (C=O) groups is 1. The van der Waals surface area contributed by atoms with Gasteiger partial charge in [0.15, 0.2) is 5.96 Å². The van der Waals surface area contributed by atoms with Crippen LogP contribution in [-0.4, -0.2) is 62.7 Å². The zero-order chi connectivity index (χ0) is 19.5. The Morgan fingerprint density at radius 2 is 2.00 bits per heavy atom. The van der Waals surface area contributed by atoms with Gasteiger partial charge >= 0.3 is 0 Å². The first kappa shape index (κ1) is 25.5. The monoisotopic (exact) mass is 508 g/mol. The lowest BCUT2D eigenvalue weighted by atomic mass is 9.83. The molecule has 0 bridgehead atoms. The summed E-state index contributed by atoms with van der Waals surface area (Å²) in [4.78, 5) is 18.4. The summed E-state index contributed by atoms with van der Waals surface area (Å²) in [5.74, 6) is 1.20. The van der Waals surface area contributed by atoms with Gasteiger partial charge in [-0.25, -0.2) is 0 Å². The quantitative estimate of drug-likeness (QED) is 0.194. The molecule has 0 aromatic carbocycles. The maximum absolute atomic E-state index is 12.0. The van der Waals surface area contributed by atoms with Crippen LogP contribution in [0.5, 0.6) is 0 Å². The first-order valence-corrected chi connectivity index (χ1v) is 11.0. The van der Waals surface area contributed by atoms with Crippen molar-refractivity contribution in [3.63, 3.8) is 0 Å². The molecule has 1 saturated heterocycles. The minimum atomic E-state index is 0. The number of amides is 1. The summed E-state index contributed by atoms with van der Waals surface area (Å²) < 4.78 is 5.61. The number of hydrogen-bond donors (Lipinski definition) is 2. The molecule has 6 nitrogen and oxygen atoms in total. The number of guanidine groups is 1. The van der Waals surface area contributed by atoms with Crippen molar-refractivity contribution < 1.29 is 9.53 Å². The Labute approximate surface area is 188 Å². The van der Waals surface area contributed by atoms with Crippen LogP contribution in [0.4, 0.5) is 0 Å². The lowest BCUT2D eigenvalue weighted by Crippen LogP contribution is -2.45. The summed E-state index contributed by atoms with van der Waals surface area (Å²) in [5.41, 5.74) is 0.348. The molecule has 1 amide bonds. The molecule has 1 heterocycles. The standard InChI is InChI=1S/C21H40N4O2.HI/c1-4-18(25-15-8-9-19(25)26)10-14-23-20(22-3)24-17-21(11-6-7-12-21)13-16-27-5-2;/h18H,4-17H2,1-3H3,(H2,22,23,24);1H. The molecule has 1 saturated carbocycles. The van der Waals surface area contributed by atoms with Gasteiger partial charge in [0.25, 0.3) is 0 Å². The molecule has 0 aromatic heterocycles. The number of hydrogen-bond acceptors (Lipinski definition) is 3. The molecular weight excluding hydrogens is 467 g/mol. The van der Waals surface area contributed by atoms with Crippen LogP contribution < -0.4 is 10.6 Å². The summed E-state index contributed by atoms with van der Waals surface area (Å²) >= 11 is 0. The van der Waals surface area contributed by atoms with Gasteiger partial charge in [-0.2, -0.15) is 0 Å². The van der Waals surface area contributed by atoms with Gasteiger partial charge in [0, 0.05) is 52.4 Å². The zero-order valence-electron chi connectivity index (χ0n) is 18.1. The highest BCUT2D eigenvalue weighted by atomic mass is 127. The van der Waals surface area contributed by atoms with Crippen LogP contribution in [-0.2, 0) is 9.53 Å². The van der Waals surface area contributed by atoms with Gasteiger partial charge in [-0.15, -0.1) is 24.0 Å². The second kappa shape index (κ2) is 13.6. The lowest BCUT2D eigenvalue weighted by Gasteiger charge is -2.30. The van der Waals surface area contributed by atoms with Gasteiger partial charge in [0.1, 0.15) is 0 Å². The molecule has 0 aromatic rings. The third kappa shape index (κ3) is 7.69. The second-order valence-electron chi connectivity index (χ2n) is 8.05. The van der Waals surface area contributed by atoms with Gasteiger partial charge in [-0.3, -0.25) is 9.79 Å². The Balaban J connectivity index is 0.00000392. The number of nitrogens with one attached hydrogen (secondary N) is 2. The second-order valence-corrected chi connectivity index (χ2v) is 8.05. The number of likely N-dealkylation sites (tertiary alicyclic amines) is 1. The molecule has 2 aliphatic rings. The number of carbonyl (C=O) groups excluding carboxylic acids is 1. The summed E-state index contributed by atoms with van der Waals surface area (Å²) in [6.07, 6.45) is 10.0. The number of rotatable bonds is 11. The smallest absolute Gasteiger partial charge is 0.222 e. The molecule has 164 valence electrons. The van der Waals surface area contributed by atoms with E-state index in [1.54, 1.807) is 0 Å². The van der Waals surface area contributed by atoms with Crippen LogP contribution >= 0.6 is 24.0 Å². The predicted molar refractivity (Wildman–Crippen MR) is 126 cm³/mol. The van der Waals surface area contributed by atoms with E-state index in [1.165, 1.54) is 25.7 Å². The van der Waals surface area contributed by atoms with Crippen molar-refractivity contribution in [1.29, 1.82) is 0 Å². The van der Waals surface area contributed by atoms with Crippen molar-refractivity contribution in [2.24, 2.45) is 10.4 Å². The molecule has 0 radical (unpaired) electrons. The summed E-state index contributed by atoms with van der Waals surface area (Å²) in [6.45, 7) is 8.61. The molecule has 1 aliphatic heterocycles. The fourth-order valence-corrected chi connectivity index (χ4v) is 4.56. The third-order valence-electron chi connectivity index (χ3n) is 6.29. The van der Waals surface area contributed by atoms with Gasteiger partial charge in [0.05, 0.1) is 0 Å². The first-order valence-electron chi connectivity index (χ1n) is 11.0. The largest absolute Gasteiger partial charge is 0.382 e. The van der Waals surface area contributed by atoms with Crippen molar-refractivity contribution in [1.82, 2.24) is 15.5 Å². The normalized spacial score (nSPS) is 20.2.